The summed E-state index contributed by atoms with van der Waals surface area (Å²) in [5.74, 6) is 1.94. The maximum atomic E-state index is 12.2. The van der Waals surface area contributed by atoms with Crippen LogP contribution in [0.25, 0.3) is 0 Å². The van der Waals surface area contributed by atoms with Crippen molar-refractivity contribution in [3.8, 4) is 5.75 Å². The Morgan fingerprint density at radius 1 is 1.10 bits per heavy atom. The molecule has 0 atom stereocenters. The van der Waals surface area contributed by atoms with Gasteiger partial charge >= 0.3 is 0 Å². The van der Waals surface area contributed by atoms with Crippen LogP contribution in [0.5, 0.6) is 5.75 Å². The average Bonchev–Trinajstić information content (AvgIpc) is 2.77. The Hall–Kier alpha value is -2.28. The van der Waals surface area contributed by atoms with Gasteiger partial charge in [0.15, 0.2) is 5.96 Å². The van der Waals surface area contributed by atoms with Crippen LogP contribution in [0.2, 0.25) is 0 Å². The number of hydrogen-bond acceptors (Lipinski definition) is 4. The average molecular weight is 419 g/mol. The molecule has 0 unspecified atom stereocenters. The molecule has 168 valence electrons. The van der Waals surface area contributed by atoms with Gasteiger partial charge in [-0.25, -0.2) is 0 Å². The van der Waals surface area contributed by atoms with Gasteiger partial charge in [-0.1, -0.05) is 31.4 Å². The molecule has 0 aliphatic heterocycles. The summed E-state index contributed by atoms with van der Waals surface area (Å²) < 4.78 is 11.2. The highest BCUT2D eigenvalue weighted by Crippen LogP contribution is 2.23. The van der Waals surface area contributed by atoms with Gasteiger partial charge < -0.3 is 25.4 Å². The maximum absolute atomic E-state index is 12.2. The van der Waals surface area contributed by atoms with E-state index in [1.165, 1.54) is 19.3 Å². The highest BCUT2D eigenvalue weighted by molar-refractivity contribution is 5.80. The lowest BCUT2D eigenvalue weighted by molar-refractivity contribution is -0.125. The Bertz CT molecular complexity index is 672. The van der Waals surface area contributed by atoms with Crippen molar-refractivity contribution in [1.82, 2.24) is 16.0 Å². The van der Waals surface area contributed by atoms with Crippen LogP contribution >= 0.6 is 0 Å². The number of benzene rings is 1. The molecular formula is C23H38N4O3. The van der Waals surface area contributed by atoms with Gasteiger partial charge in [0.2, 0.25) is 5.91 Å². The first kappa shape index (κ1) is 24.0. The molecule has 1 fully saturated rings. The second-order valence-corrected chi connectivity index (χ2v) is 7.64. The topological polar surface area (TPSA) is 84.0 Å². The van der Waals surface area contributed by atoms with Crippen LogP contribution in [0.1, 0.15) is 50.2 Å². The van der Waals surface area contributed by atoms with Crippen LogP contribution in [-0.4, -0.2) is 51.8 Å². The van der Waals surface area contributed by atoms with E-state index in [1.54, 1.807) is 7.05 Å². The van der Waals surface area contributed by atoms with Gasteiger partial charge in [0.25, 0.3) is 0 Å². The van der Waals surface area contributed by atoms with Crippen molar-refractivity contribution in [3.63, 3.8) is 0 Å². The number of guanidine groups is 1. The zero-order chi connectivity index (χ0) is 21.6. The fraction of sp³-hybridized carbons (Fsp3) is 0.652. The van der Waals surface area contributed by atoms with Crippen LogP contribution in [0.3, 0.4) is 0 Å². The van der Waals surface area contributed by atoms with E-state index >= 15 is 0 Å². The zero-order valence-electron chi connectivity index (χ0n) is 18.8. The second kappa shape index (κ2) is 13.9. The van der Waals surface area contributed by atoms with Gasteiger partial charge in [-0.15, -0.1) is 0 Å². The molecule has 1 amide bonds. The van der Waals surface area contributed by atoms with Crippen molar-refractivity contribution in [2.75, 3.05) is 40.0 Å². The first-order valence-electron chi connectivity index (χ1n) is 11.2. The molecule has 1 aromatic carbocycles. The number of aliphatic imine (C=N–C) groups is 1. The first-order valence-corrected chi connectivity index (χ1v) is 11.2. The fourth-order valence-corrected chi connectivity index (χ4v) is 3.57. The van der Waals surface area contributed by atoms with Crippen LogP contribution in [0, 0.1) is 12.8 Å². The van der Waals surface area contributed by atoms with Crippen molar-refractivity contribution in [1.29, 1.82) is 0 Å². The number of aryl methyl sites for hydroxylation is 1. The van der Waals surface area contributed by atoms with E-state index < -0.39 is 0 Å². The van der Waals surface area contributed by atoms with Gasteiger partial charge in [0, 0.05) is 44.8 Å². The molecule has 1 aliphatic rings. The zero-order valence-corrected chi connectivity index (χ0v) is 18.8. The summed E-state index contributed by atoms with van der Waals surface area (Å²) >= 11 is 0. The number of nitrogens with one attached hydrogen (secondary N) is 3. The summed E-state index contributed by atoms with van der Waals surface area (Å²) in [6, 6.07) is 6.18. The monoisotopic (exact) mass is 418 g/mol. The van der Waals surface area contributed by atoms with Crippen LogP contribution < -0.4 is 20.7 Å². The Morgan fingerprint density at radius 3 is 2.60 bits per heavy atom. The van der Waals surface area contributed by atoms with Gasteiger partial charge in [0.1, 0.15) is 12.4 Å². The molecule has 1 aliphatic carbocycles. The molecule has 0 bridgehead atoms. The highest BCUT2D eigenvalue weighted by atomic mass is 16.5. The molecule has 0 aromatic heterocycles. The Labute approximate surface area is 181 Å². The number of hydrogen-bond donors (Lipinski definition) is 3. The molecule has 1 saturated carbocycles. The summed E-state index contributed by atoms with van der Waals surface area (Å²) in [4.78, 5) is 16.5. The summed E-state index contributed by atoms with van der Waals surface area (Å²) in [5, 5.41) is 9.60. The predicted octanol–water partition coefficient (Wildman–Crippen LogP) is 2.77. The molecule has 0 spiro atoms. The molecule has 30 heavy (non-hydrogen) atoms. The molecule has 3 N–H and O–H groups in total. The van der Waals surface area contributed by atoms with Crippen LogP contribution in [0.4, 0.5) is 0 Å². The minimum atomic E-state index is 0.188. The van der Waals surface area contributed by atoms with E-state index in [-0.39, 0.29) is 11.8 Å². The number of carbonyl (C=O) groups excluding carboxylic acids is 1. The Kier molecular flexibility index (Phi) is 11.1. The van der Waals surface area contributed by atoms with Gasteiger partial charge in [0.05, 0.1) is 6.61 Å². The molecule has 7 nitrogen and oxygen atoms in total. The van der Waals surface area contributed by atoms with Crippen molar-refractivity contribution < 1.29 is 14.3 Å². The number of amides is 1. The lowest BCUT2D eigenvalue weighted by Crippen LogP contribution is -2.42. The van der Waals surface area contributed by atoms with Gasteiger partial charge in [-0.2, -0.15) is 0 Å². The van der Waals surface area contributed by atoms with Crippen molar-refractivity contribution in [3.05, 3.63) is 29.3 Å². The molecule has 7 heteroatoms. The third kappa shape index (κ3) is 8.61. The van der Waals surface area contributed by atoms with E-state index in [4.69, 9.17) is 9.47 Å². The predicted molar refractivity (Wildman–Crippen MR) is 121 cm³/mol. The normalized spacial score (nSPS) is 15.0. The Morgan fingerprint density at radius 2 is 1.87 bits per heavy atom. The summed E-state index contributed by atoms with van der Waals surface area (Å²) in [5.41, 5.74) is 2.21. The molecular weight excluding hydrogens is 380 g/mol. The van der Waals surface area contributed by atoms with Crippen molar-refractivity contribution >= 4 is 11.9 Å². The standard InChI is InChI=1S/C23H38N4O3/c1-4-29-14-15-30-21-16-18(2)10-11-20(21)17-27-23(24-3)26-13-12-25-22(28)19-8-6-5-7-9-19/h10-11,16,19H,4-9,12-15,17H2,1-3H3,(H,25,28)(H2,24,26,27). The highest BCUT2D eigenvalue weighted by Gasteiger charge is 2.20. The van der Waals surface area contributed by atoms with E-state index in [9.17, 15) is 4.79 Å². The van der Waals surface area contributed by atoms with E-state index in [1.807, 2.05) is 13.0 Å². The molecule has 0 radical (unpaired) electrons. The molecule has 0 heterocycles. The molecule has 0 saturated heterocycles. The quantitative estimate of drug-likeness (QED) is 0.292. The number of rotatable bonds is 11. The number of nitrogens with zero attached hydrogens (tertiary/aromatic N) is 1. The SMILES string of the molecule is CCOCCOc1cc(C)ccc1CNC(=NC)NCCNC(=O)C1CCCCC1. The Balaban J connectivity index is 1.73. The second-order valence-electron chi connectivity index (χ2n) is 7.64. The van der Waals surface area contributed by atoms with Crippen molar-refractivity contribution in [2.24, 2.45) is 10.9 Å². The van der Waals surface area contributed by atoms with E-state index in [0.717, 1.165) is 29.7 Å². The maximum Gasteiger partial charge on any atom is 0.223 e. The minimum absolute atomic E-state index is 0.188. The fourth-order valence-electron chi connectivity index (χ4n) is 3.57. The summed E-state index contributed by atoms with van der Waals surface area (Å²) in [7, 11) is 1.74. The lowest BCUT2D eigenvalue weighted by atomic mass is 9.89. The lowest BCUT2D eigenvalue weighted by Gasteiger charge is -2.21. The van der Waals surface area contributed by atoms with E-state index in [0.29, 0.717) is 45.4 Å². The van der Waals surface area contributed by atoms with Crippen molar-refractivity contribution in [2.45, 2.75) is 52.5 Å². The molecule has 1 aromatic rings. The minimum Gasteiger partial charge on any atom is -0.491 e. The van der Waals surface area contributed by atoms with Gasteiger partial charge in [-0.3, -0.25) is 9.79 Å². The third-order valence-electron chi connectivity index (χ3n) is 5.27. The van der Waals surface area contributed by atoms with Crippen LogP contribution in [-0.2, 0) is 16.1 Å². The number of carbonyl (C=O) groups is 1. The van der Waals surface area contributed by atoms with E-state index in [2.05, 4.69) is 40.0 Å². The van der Waals surface area contributed by atoms with Gasteiger partial charge in [-0.05, 0) is 38.3 Å². The largest absolute Gasteiger partial charge is 0.491 e. The first-order chi connectivity index (χ1) is 14.6. The summed E-state index contributed by atoms with van der Waals surface area (Å²) in [6.07, 6.45) is 5.64. The molecule has 2 rings (SSSR count). The summed E-state index contributed by atoms with van der Waals surface area (Å²) in [6.45, 7) is 7.63. The van der Waals surface area contributed by atoms with Crippen LogP contribution in [0.15, 0.2) is 23.2 Å². The number of ether oxygens (including phenoxy) is 2. The third-order valence-corrected chi connectivity index (χ3v) is 5.27. The smallest absolute Gasteiger partial charge is 0.223 e.